The van der Waals surface area contributed by atoms with E-state index in [9.17, 15) is 15.2 Å². The van der Waals surface area contributed by atoms with Crippen molar-refractivity contribution >= 4 is 5.69 Å². The van der Waals surface area contributed by atoms with Crippen molar-refractivity contribution in [2.24, 2.45) is 0 Å². The van der Waals surface area contributed by atoms with Crippen molar-refractivity contribution in [2.75, 3.05) is 0 Å². The topological polar surface area (TPSA) is 76.3 Å². The number of rotatable bonds is 4. The Hall–Kier alpha value is -2.27. The molecule has 1 heterocycles. The van der Waals surface area contributed by atoms with Gasteiger partial charge in [0.15, 0.2) is 0 Å². The minimum absolute atomic E-state index is 0.0197. The van der Waals surface area contributed by atoms with Gasteiger partial charge in [-0.2, -0.15) is 0 Å². The quantitative estimate of drug-likeness (QED) is 0.675. The summed E-state index contributed by atoms with van der Waals surface area (Å²) in [4.78, 5) is 14.5. The number of hydrogen-bond donors (Lipinski definition) is 1. The molecule has 0 fully saturated rings. The van der Waals surface area contributed by atoms with Gasteiger partial charge in [-0.1, -0.05) is 18.2 Å². The Morgan fingerprint density at radius 3 is 2.74 bits per heavy atom. The SMILES string of the molecule is Cc1cccc(C[C@@H](O)c2cccc([N+](=O)[O-])c2)n1. The summed E-state index contributed by atoms with van der Waals surface area (Å²) in [7, 11) is 0. The van der Waals surface area contributed by atoms with Crippen LogP contribution in [0.25, 0.3) is 0 Å². The van der Waals surface area contributed by atoms with E-state index < -0.39 is 11.0 Å². The van der Waals surface area contributed by atoms with Crippen LogP contribution in [0.2, 0.25) is 0 Å². The molecule has 2 rings (SSSR count). The Balaban J connectivity index is 2.18. The molecule has 5 nitrogen and oxygen atoms in total. The van der Waals surface area contributed by atoms with E-state index in [2.05, 4.69) is 4.98 Å². The summed E-state index contributed by atoms with van der Waals surface area (Å²) in [6.45, 7) is 1.88. The number of aliphatic hydroxyl groups excluding tert-OH is 1. The van der Waals surface area contributed by atoms with Crippen LogP contribution in [-0.4, -0.2) is 15.0 Å². The summed E-state index contributed by atoms with van der Waals surface area (Å²) in [5.74, 6) is 0. The Morgan fingerprint density at radius 2 is 2.05 bits per heavy atom. The standard InChI is InChI=1S/C14H14N2O3/c1-10-4-2-6-12(15-10)9-14(17)11-5-3-7-13(8-11)16(18)19/h2-8,14,17H,9H2,1H3/t14-/m1/s1. The predicted octanol–water partition coefficient (Wildman–Crippen LogP) is 2.57. The molecule has 1 aromatic carbocycles. The molecule has 0 bridgehead atoms. The average molecular weight is 258 g/mol. The van der Waals surface area contributed by atoms with E-state index in [1.165, 1.54) is 12.1 Å². The van der Waals surface area contributed by atoms with Crippen molar-refractivity contribution in [3.05, 3.63) is 69.5 Å². The fourth-order valence-electron chi connectivity index (χ4n) is 1.87. The van der Waals surface area contributed by atoms with Gasteiger partial charge in [-0.05, 0) is 24.6 Å². The molecule has 1 aromatic heterocycles. The van der Waals surface area contributed by atoms with Gasteiger partial charge in [0.05, 0.1) is 11.0 Å². The lowest BCUT2D eigenvalue weighted by atomic mass is 10.0. The molecule has 5 heteroatoms. The molecule has 0 spiro atoms. The highest BCUT2D eigenvalue weighted by molar-refractivity contribution is 5.35. The van der Waals surface area contributed by atoms with Crippen LogP contribution in [0, 0.1) is 17.0 Å². The highest BCUT2D eigenvalue weighted by atomic mass is 16.6. The molecule has 1 atom stereocenters. The zero-order valence-electron chi connectivity index (χ0n) is 10.5. The number of hydrogen-bond acceptors (Lipinski definition) is 4. The first-order valence-corrected chi connectivity index (χ1v) is 5.91. The summed E-state index contributed by atoms with van der Waals surface area (Å²) in [6.07, 6.45) is -0.461. The van der Waals surface area contributed by atoms with E-state index >= 15 is 0 Å². The Labute approximate surface area is 110 Å². The van der Waals surface area contributed by atoms with E-state index in [4.69, 9.17) is 0 Å². The molecular weight excluding hydrogens is 244 g/mol. The minimum Gasteiger partial charge on any atom is -0.388 e. The Morgan fingerprint density at radius 1 is 1.32 bits per heavy atom. The van der Waals surface area contributed by atoms with E-state index in [-0.39, 0.29) is 5.69 Å². The summed E-state index contributed by atoms with van der Waals surface area (Å²) < 4.78 is 0. The smallest absolute Gasteiger partial charge is 0.269 e. The first-order chi connectivity index (χ1) is 9.06. The molecule has 0 amide bonds. The average Bonchev–Trinajstić information content (AvgIpc) is 2.39. The van der Waals surface area contributed by atoms with Gasteiger partial charge >= 0.3 is 0 Å². The summed E-state index contributed by atoms with van der Waals surface area (Å²) in [6, 6.07) is 11.6. The number of nitro groups is 1. The van der Waals surface area contributed by atoms with Crippen molar-refractivity contribution in [3.63, 3.8) is 0 Å². The van der Waals surface area contributed by atoms with Crippen LogP contribution in [0.15, 0.2) is 42.5 Å². The second-order valence-corrected chi connectivity index (χ2v) is 4.34. The summed E-state index contributed by atoms with van der Waals surface area (Å²) >= 11 is 0. The highest BCUT2D eigenvalue weighted by Gasteiger charge is 2.13. The van der Waals surface area contributed by atoms with Crippen molar-refractivity contribution in [1.82, 2.24) is 4.98 Å². The van der Waals surface area contributed by atoms with Crippen molar-refractivity contribution < 1.29 is 10.0 Å². The third-order valence-corrected chi connectivity index (χ3v) is 2.81. The molecule has 0 aliphatic rings. The number of aromatic nitrogens is 1. The van der Waals surface area contributed by atoms with Crippen LogP contribution in [0.3, 0.4) is 0 Å². The second-order valence-electron chi connectivity index (χ2n) is 4.34. The van der Waals surface area contributed by atoms with Gasteiger partial charge in [-0.25, -0.2) is 0 Å². The van der Waals surface area contributed by atoms with E-state index in [1.807, 2.05) is 25.1 Å². The molecule has 0 aliphatic heterocycles. The lowest BCUT2D eigenvalue weighted by Gasteiger charge is -2.10. The minimum atomic E-state index is -0.797. The third kappa shape index (κ3) is 3.35. The molecule has 1 N–H and O–H groups in total. The fourth-order valence-corrected chi connectivity index (χ4v) is 1.87. The first kappa shape index (κ1) is 13.2. The van der Waals surface area contributed by atoms with Crippen molar-refractivity contribution in [1.29, 1.82) is 0 Å². The van der Waals surface area contributed by atoms with E-state index in [0.717, 1.165) is 11.4 Å². The molecule has 0 radical (unpaired) electrons. The number of aryl methyl sites for hydroxylation is 1. The number of benzene rings is 1. The van der Waals surface area contributed by atoms with E-state index in [0.29, 0.717) is 12.0 Å². The molecule has 0 aliphatic carbocycles. The fraction of sp³-hybridized carbons (Fsp3) is 0.214. The van der Waals surface area contributed by atoms with Crippen LogP contribution in [0.4, 0.5) is 5.69 Å². The van der Waals surface area contributed by atoms with Crippen molar-refractivity contribution in [2.45, 2.75) is 19.4 Å². The lowest BCUT2D eigenvalue weighted by Crippen LogP contribution is -2.04. The zero-order valence-corrected chi connectivity index (χ0v) is 10.5. The Bertz CT molecular complexity index is 599. The van der Waals surface area contributed by atoms with Gasteiger partial charge < -0.3 is 5.11 Å². The van der Waals surface area contributed by atoms with Crippen LogP contribution in [0.1, 0.15) is 23.1 Å². The normalized spacial score (nSPS) is 12.1. The van der Waals surface area contributed by atoms with Crippen molar-refractivity contribution in [3.8, 4) is 0 Å². The summed E-state index contributed by atoms with van der Waals surface area (Å²) in [5, 5.41) is 20.8. The number of nitrogens with zero attached hydrogens (tertiary/aromatic N) is 2. The number of aliphatic hydroxyl groups is 1. The molecule has 0 saturated heterocycles. The molecular formula is C14H14N2O3. The highest BCUT2D eigenvalue weighted by Crippen LogP contribution is 2.21. The maximum Gasteiger partial charge on any atom is 0.269 e. The van der Waals surface area contributed by atoms with Crippen LogP contribution in [0.5, 0.6) is 0 Å². The molecule has 98 valence electrons. The lowest BCUT2D eigenvalue weighted by molar-refractivity contribution is -0.385. The van der Waals surface area contributed by atoms with Crippen LogP contribution < -0.4 is 0 Å². The number of non-ortho nitro benzene ring substituents is 1. The molecule has 2 aromatic rings. The van der Waals surface area contributed by atoms with Gasteiger partial charge in [-0.15, -0.1) is 0 Å². The third-order valence-electron chi connectivity index (χ3n) is 2.81. The van der Waals surface area contributed by atoms with Gasteiger partial charge in [0, 0.05) is 29.9 Å². The summed E-state index contributed by atoms with van der Waals surface area (Å²) in [5.41, 5.74) is 2.15. The monoisotopic (exact) mass is 258 g/mol. The molecule has 0 unspecified atom stereocenters. The zero-order chi connectivity index (χ0) is 13.8. The Kier molecular flexibility index (Phi) is 3.87. The van der Waals surface area contributed by atoms with Crippen LogP contribution in [-0.2, 0) is 6.42 Å². The van der Waals surface area contributed by atoms with Crippen LogP contribution >= 0.6 is 0 Å². The van der Waals surface area contributed by atoms with Gasteiger partial charge in [-0.3, -0.25) is 15.1 Å². The number of nitro benzene ring substituents is 1. The molecule has 0 saturated carbocycles. The number of pyridine rings is 1. The maximum absolute atomic E-state index is 10.7. The van der Waals surface area contributed by atoms with Gasteiger partial charge in [0.1, 0.15) is 0 Å². The second kappa shape index (κ2) is 5.58. The first-order valence-electron chi connectivity index (χ1n) is 5.91. The van der Waals surface area contributed by atoms with Gasteiger partial charge in [0.25, 0.3) is 5.69 Å². The largest absolute Gasteiger partial charge is 0.388 e. The maximum atomic E-state index is 10.7. The molecule has 19 heavy (non-hydrogen) atoms. The van der Waals surface area contributed by atoms with Gasteiger partial charge in [0.2, 0.25) is 0 Å². The van der Waals surface area contributed by atoms with E-state index in [1.54, 1.807) is 12.1 Å². The predicted molar refractivity (Wildman–Crippen MR) is 70.7 cm³/mol.